The predicted molar refractivity (Wildman–Crippen MR) is 117 cm³/mol. The van der Waals surface area contributed by atoms with Crippen molar-refractivity contribution < 1.29 is 19.1 Å². The van der Waals surface area contributed by atoms with Gasteiger partial charge in [0.15, 0.2) is 0 Å². The van der Waals surface area contributed by atoms with Crippen LogP contribution in [0.25, 0.3) is 0 Å². The molecular weight excluding hydrogens is 358 g/mol. The molecule has 1 fully saturated rings. The van der Waals surface area contributed by atoms with Crippen LogP contribution in [0.15, 0.2) is 0 Å². The number of rotatable bonds is 4. The zero-order chi connectivity index (χ0) is 23.3. The number of nitrogens with zero attached hydrogens (tertiary/aromatic N) is 1. The average Bonchev–Trinajstić information content (AvgIpc) is 3.13. The Kier molecular flexibility index (Phi) is 25.4. The van der Waals surface area contributed by atoms with E-state index in [9.17, 15) is 14.4 Å². The molecule has 3 N–H and O–H groups in total. The summed E-state index contributed by atoms with van der Waals surface area (Å²) in [7, 11) is 1.71. The molecule has 1 aliphatic rings. The average molecular weight is 402 g/mol. The van der Waals surface area contributed by atoms with Crippen LogP contribution in [0.1, 0.15) is 68.2 Å². The highest BCUT2D eigenvalue weighted by Gasteiger charge is 2.31. The van der Waals surface area contributed by atoms with Crippen molar-refractivity contribution in [1.82, 2.24) is 10.2 Å². The summed E-state index contributed by atoms with van der Waals surface area (Å²) >= 11 is 0. The van der Waals surface area contributed by atoms with E-state index >= 15 is 0 Å². The van der Waals surface area contributed by atoms with Crippen LogP contribution in [0.4, 0.5) is 0 Å². The number of hydrogen-bond donors (Lipinski definition) is 2. The summed E-state index contributed by atoms with van der Waals surface area (Å²) in [6, 6.07) is -0.504. The van der Waals surface area contributed by atoms with Crippen LogP contribution in [0, 0.1) is 18.8 Å². The lowest BCUT2D eigenvalue weighted by atomic mass is 10.2. The fourth-order valence-electron chi connectivity index (χ4n) is 1.59. The molecule has 7 nitrogen and oxygen atoms in total. The van der Waals surface area contributed by atoms with Crippen LogP contribution < -0.4 is 11.1 Å². The van der Waals surface area contributed by atoms with Gasteiger partial charge in [-0.1, -0.05) is 34.6 Å². The highest BCUT2D eigenvalue weighted by Crippen LogP contribution is 2.16. The second kappa shape index (κ2) is 21.2. The monoisotopic (exact) mass is 401 g/mol. The minimum atomic E-state index is -0.504. The Labute approximate surface area is 172 Å². The van der Waals surface area contributed by atoms with Gasteiger partial charge in [0.2, 0.25) is 18.2 Å². The van der Waals surface area contributed by atoms with E-state index in [4.69, 9.17) is 10.5 Å². The molecule has 3 amide bonds. The van der Waals surface area contributed by atoms with Gasteiger partial charge >= 0.3 is 0 Å². The lowest BCUT2D eigenvalue weighted by molar-refractivity contribution is -0.137. The van der Waals surface area contributed by atoms with Crippen molar-refractivity contribution in [3.05, 3.63) is 0 Å². The fraction of sp³-hybridized carbons (Fsp3) is 0.762. The van der Waals surface area contributed by atoms with Gasteiger partial charge in [0.05, 0.1) is 12.1 Å². The number of carbonyl (C=O) groups excluding carboxylic acids is 3. The molecule has 0 aromatic rings. The topological polar surface area (TPSA) is 102 Å². The number of nitrogens with one attached hydrogen (secondary N) is 1. The zero-order valence-corrected chi connectivity index (χ0v) is 19.4. The molecule has 0 aliphatic carbocycles. The summed E-state index contributed by atoms with van der Waals surface area (Å²) in [5, 5.41) is 2.26. The Morgan fingerprint density at radius 2 is 1.64 bits per heavy atom. The third-order valence-electron chi connectivity index (χ3n) is 2.85. The Morgan fingerprint density at radius 1 is 1.25 bits per heavy atom. The van der Waals surface area contributed by atoms with Crippen molar-refractivity contribution in [2.75, 3.05) is 20.2 Å². The normalized spacial score (nSPS) is 14.4. The van der Waals surface area contributed by atoms with E-state index in [0.29, 0.717) is 19.4 Å². The molecule has 0 aromatic heterocycles. The number of amides is 3. The van der Waals surface area contributed by atoms with Gasteiger partial charge in [-0.05, 0) is 39.5 Å². The standard InChI is InChI=1S/C8H13N3O3.C5H12O.C4H10.C2H6.C2H2/c9-8(14)6-2-1-3-11(6)7(13)4-10-5-12;1-5(2,3)6-4;1-4(2)3;2*1-2/h5-6H,1-4H2,(H2,9,14)(H,10,12);1-4H3;4H,1-3H3;1-2H3;1-2H/t6-;;;;/m0..../s1. The van der Waals surface area contributed by atoms with Crippen molar-refractivity contribution in [3.63, 3.8) is 0 Å². The van der Waals surface area contributed by atoms with E-state index in [1.54, 1.807) is 7.11 Å². The van der Waals surface area contributed by atoms with Gasteiger partial charge in [0.25, 0.3) is 0 Å². The maximum Gasteiger partial charge on any atom is 0.242 e. The fourth-order valence-corrected chi connectivity index (χ4v) is 1.59. The third-order valence-corrected chi connectivity index (χ3v) is 2.85. The number of primary amides is 1. The molecule has 0 radical (unpaired) electrons. The SMILES string of the molecule is C#C.CC.CC(C)C.COC(C)(C)C.NC(=O)[C@@H]1CCCN1C(=O)CNC=O. The lowest BCUT2D eigenvalue weighted by Crippen LogP contribution is -2.46. The molecule has 0 unspecified atom stereocenters. The summed E-state index contributed by atoms with van der Waals surface area (Å²) in [5.41, 5.74) is 5.17. The molecule has 1 saturated heterocycles. The van der Waals surface area contributed by atoms with Gasteiger partial charge in [-0.3, -0.25) is 14.4 Å². The Balaban J connectivity index is -0.000000172. The summed E-state index contributed by atoms with van der Waals surface area (Å²) in [6.45, 7) is 17.0. The second-order valence-corrected chi connectivity index (χ2v) is 7.19. The lowest BCUT2D eigenvalue weighted by Gasteiger charge is -2.21. The number of carbonyl (C=O) groups is 3. The van der Waals surface area contributed by atoms with Gasteiger partial charge in [0.1, 0.15) is 6.04 Å². The van der Waals surface area contributed by atoms with Crippen LogP contribution in [0.3, 0.4) is 0 Å². The van der Waals surface area contributed by atoms with Crippen LogP contribution in [-0.2, 0) is 19.1 Å². The number of nitrogens with two attached hydrogens (primary N) is 1. The Morgan fingerprint density at radius 3 is 1.93 bits per heavy atom. The first-order valence-electron chi connectivity index (χ1n) is 9.60. The van der Waals surface area contributed by atoms with Crippen molar-refractivity contribution in [2.24, 2.45) is 11.7 Å². The number of likely N-dealkylation sites (tertiary alicyclic amines) is 1. The van der Waals surface area contributed by atoms with Gasteiger partial charge in [-0.15, -0.1) is 12.8 Å². The molecular formula is C21H43N3O4. The van der Waals surface area contributed by atoms with Crippen LogP contribution >= 0.6 is 0 Å². The number of terminal acetylenes is 1. The van der Waals surface area contributed by atoms with Crippen LogP contribution in [-0.4, -0.2) is 55.0 Å². The maximum absolute atomic E-state index is 11.4. The van der Waals surface area contributed by atoms with Crippen molar-refractivity contribution >= 4 is 18.2 Å². The molecule has 0 saturated carbocycles. The minimum Gasteiger partial charge on any atom is -0.379 e. The van der Waals surface area contributed by atoms with Crippen molar-refractivity contribution in [2.45, 2.75) is 79.9 Å². The van der Waals surface area contributed by atoms with Crippen molar-refractivity contribution in [3.8, 4) is 12.8 Å². The highest BCUT2D eigenvalue weighted by molar-refractivity contribution is 5.88. The molecule has 1 aliphatic heterocycles. The first-order chi connectivity index (χ1) is 13.0. The molecule has 28 heavy (non-hydrogen) atoms. The van der Waals surface area contributed by atoms with Crippen LogP contribution in [0.2, 0.25) is 0 Å². The first-order valence-corrected chi connectivity index (χ1v) is 9.60. The molecule has 0 aromatic carbocycles. The van der Waals surface area contributed by atoms with Crippen LogP contribution in [0.5, 0.6) is 0 Å². The highest BCUT2D eigenvalue weighted by atomic mass is 16.5. The van der Waals surface area contributed by atoms with Gasteiger partial charge < -0.3 is 20.7 Å². The maximum atomic E-state index is 11.4. The van der Waals surface area contributed by atoms with E-state index in [0.717, 1.165) is 12.3 Å². The van der Waals surface area contributed by atoms with E-state index in [-0.39, 0.29) is 18.1 Å². The van der Waals surface area contributed by atoms with Gasteiger partial charge in [-0.25, -0.2) is 0 Å². The van der Waals surface area contributed by atoms with E-state index in [1.807, 2.05) is 34.6 Å². The summed E-state index contributed by atoms with van der Waals surface area (Å²) in [6.07, 6.45) is 9.84. The molecule has 0 bridgehead atoms. The minimum absolute atomic E-state index is 0.0417. The predicted octanol–water partition coefficient (Wildman–Crippen LogP) is 2.58. The quantitative estimate of drug-likeness (QED) is 0.558. The largest absolute Gasteiger partial charge is 0.379 e. The molecule has 1 heterocycles. The Bertz CT molecular complexity index is 413. The number of ether oxygens (including phenoxy) is 1. The van der Waals surface area contributed by atoms with Gasteiger partial charge in [0, 0.05) is 13.7 Å². The molecule has 0 spiro atoms. The first kappa shape index (κ1) is 33.5. The molecule has 166 valence electrons. The Hall–Kier alpha value is -2.07. The van der Waals surface area contributed by atoms with E-state index in [2.05, 4.69) is 38.9 Å². The summed E-state index contributed by atoms with van der Waals surface area (Å²) in [4.78, 5) is 33.7. The third kappa shape index (κ3) is 23.9. The molecule has 1 atom stereocenters. The van der Waals surface area contributed by atoms with Gasteiger partial charge in [-0.2, -0.15) is 0 Å². The summed E-state index contributed by atoms with van der Waals surface area (Å²) in [5.74, 6) is 0.0837. The summed E-state index contributed by atoms with van der Waals surface area (Å²) < 4.78 is 4.94. The molecule has 7 heteroatoms. The second-order valence-electron chi connectivity index (χ2n) is 7.19. The van der Waals surface area contributed by atoms with E-state index in [1.165, 1.54) is 4.90 Å². The zero-order valence-electron chi connectivity index (χ0n) is 19.4. The van der Waals surface area contributed by atoms with E-state index < -0.39 is 11.9 Å². The smallest absolute Gasteiger partial charge is 0.242 e. The van der Waals surface area contributed by atoms with Crippen molar-refractivity contribution in [1.29, 1.82) is 0 Å². The number of hydrogen-bond acceptors (Lipinski definition) is 4. The molecule has 1 rings (SSSR count). The number of methoxy groups -OCH3 is 1.